The number of rotatable bonds is 3. The number of aromatic nitrogens is 2. The summed E-state index contributed by atoms with van der Waals surface area (Å²) >= 11 is 0. The summed E-state index contributed by atoms with van der Waals surface area (Å²) in [5, 5.41) is 3.02. The van der Waals surface area contributed by atoms with Gasteiger partial charge in [-0.2, -0.15) is 0 Å². The average molecular weight is 285 g/mol. The van der Waals surface area contributed by atoms with Crippen molar-refractivity contribution < 1.29 is 8.78 Å². The summed E-state index contributed by atoms with van der Waals surface area (Å²) in [4.78, 5) is 8.54. The summed E-state index contributed by atoms with van der Waals surface area (Å²) in [5.74, 6) is -1.71. The maximum absolute atomic E-state index is 14.1. The van der Waals surface area contributed by atoms with Crippen LogP contribution in [0.25, 0.3) is 11.0 Å². The van der Waals surface area contributed by atoms with Gasteiger partial charge in [0.25, 0.3) is 0 Å². The van der Waals surface area contributed by atoms with Gasteiger partial charge >= 0.3 is 0 Å². The van der Waals surface area contributed by atoms with Crippen molar-refractivity contribution in [2.75, 3.05) is 7.05 Å². The van der Waals surface area contributed by atoms with Crippen LogP contribution < -0.4 is 5.32 Å². The molecule has 3 nitrogen and oxygen atoms in total. The molecule has 0 bridgehead atoms. The Morgan fingerprint density at radius 1 is 0.952 bits per heavy atom. The highest BCUT2D eigenvalue weighted by Crippen LogP contribution is 2.29. The molecule has 0 spiro atoms. The zero-order chi connectivity index (χ0) is 14.8. The van der Waals surface area contributed by atoms with E-state index >= 15 is 0 Å². The van der Waals surface area contributed by atoms with E-state index in [0.717, 1.165) is 11.6 Å². The lowest BCUT2D eigenvalue weighted by atomic mass is 9.97. The van der Waals surface area contributed by atoms with E-state index in [9.17, 15) is 8.78 Å². The average Bonchev–Trinajstić information content (AvgIpc) is 2.52. The van der Waals surface area contributed by atoms with Crippen molar-refractivity contribution in [2.45, 2.75) is 6.04 Å². The molecule has 0 amide bonds. The van der Waals surface area contributed by atoms with Crippen LogP contribution in [0.5, 0.6) is 0 Å². The molecule has 3 aromatic rings. The van der Waals surface area contributed by atoms with Crippen molar-refractivity contribution in [3.63, 3.8) is 0 Å². The van der Waals surface area contributed by atoms with Crippen LogP contribution in [0.2, 0.25) is 0 Å². The minimum Gasteiger partial charge on any atom is -0.309 e. The minimum atomic E-state index is -0.862. The number of hydrogen-bond acceptors (Lipinski definition) is 3. The topological polar surface area (TPSA) is 37.8 Å². The predicted molar refractivity (Wildman–Crippen MR) is 76.8 cm³/mol. The molecule has 3 rings (SSSR count). The molecular weight excluding hydrogens is 272 g/mol. The molecule has 0 aliphatic carbocycles. The van der Waals surface area contributed by atoms with E-state index in [1.807, 2.05) is 18.2 Å². The number of nitrogens with one attached hydrogen (secondary N) is 1. The van der Waals surface area contributed by atoms with Crippen molar-refractivity contribution in [3.8, 4) is 0 Å². The monoisotopic (exact) mass is 285 g/mol. The fraction of sp³-hybridized carbons (Fsp3) is 0.125. The van der Waals surface area contributed by atoms with Gasteiger partial charge in [-0.15, -0.1) is 0 Å². The molecule has 0 saturated carbocycles. The van der Waals surface area contributed by atoms with E-state index in [2.05, 4.69) is 15.3 Å². The van der Waals surface area contributed by atoms with Gasteiger partial charge in [-0.3, -0.25) is 9.97 Å². The molecule has 0 saturated heterocycles. The summed E-state index contributed by atoms with van der Waals surface area (Å²) in [6.07, 6.45) is 3.18. The van der Waals surface area contributed by atoms with Crippen molar-refractivity contribution in [2.24, 2.45) is 0 Å². The predicted octanol–water partition coefficient (Wildman–Crippen LogP) is 3.22. The molecule has 106 valence electrons. The molecule has 1 unspecified atom stereocenters. The third kappa shape index (κ3) is 2.36. The highest BCUT2D eigenvalue weighted by atomic mass is 19.2. The molecule has 0 fully saturated rings. The molecule has 1 heterocycles. The third-order valence-electron chi connectivity index (χ3n) is 3.42. The molecule has 1 N–H and O–H groups in total. The van der Waals surface area contributed by atoms with E-state index < -0.39 is 17.7 Å². The first kappa shape index (κ1) is 13.6. The van der Waals surface area contributed by atoms with Crippen LogP contribution in [0.15, 0.2) is 48.8 Å². The van der Waals surface area contributed by atoms with Gasteiger partial charge in [0.2, 0.25) is 0 Å². The number of nitrogens with zero attached hydrogens (tertiary/aromatic N) is 2. The second kappa shape index (κ2) is 5.54. The number of halogens is 2. The van der Waals surface area contributed by atoms with E-state index in [4.69, 9.17) is 0 Å². The molecule has 0 aliphatic heterocycles. The first-order valence-electron chi connectivity index (χ1n) is 6.53. The Labute approximate surface area is 120 Å². The maximum atomic E-state index is 14.1. The smallest absolute Gasteiger partial charge is 0.163 e. The lowest BCUT2D eigenvalue weighted by Crippen LogP contribution is -2.20. The number of para-hydroxylation sites is 1. The molecule has 2 aromatic carbocycles. The van der Waals surface area contributed by atoms with E-state index in [-0.39, 0.29) is 5.56 Å². The summed E-state index contributed by atoms with van der Waals surface area (Å²) in [7, 11) is 1.70. The Bertz CT molecular complexity index is 784. The Kier molecular flexibility index (Phi) is 3.58. The Balaban J connectivity index is 2.21. The Hall–Kier alpha value is -2.40. The highest BCUT2D eigenvalue weighted by molar-refractivity contribution is 5.78. The van der Waals surface area contributed by atoms with Crippen LogP contribution in [-0.4, -0.2) is 17.0 Å². The van der Waals surface area contributed by atoms with Crippen LogP contribution in [0.3, 0.4) is 0 Å². The normalized spacial score (nSPS) is 12.5. The maximum Gasteiger partial charge on any atom is 0.163 e. The summed E-state index contributed by atoms with van der Waals surface area (Å²) in [6, 6.07) is 9.16. The van der Waals surface area contributed by atoms with Crippen molar-refractivity contribution >= 4 is 11.0 Å². The van der Waals surface area contributed by atoms with Crippen LogP contribution in [0.4, 0.5) is 8.78 Å². The minimum absolute atomic E-state index is 0.246. The number of hydrogen-bond donors (Lipinski definition) is 1. The zero-order valence-corrected chi connectivity index (χ0v) is 11.3. The zero-order valence-electron chi connectivity index (χ0n) is 11.3. The first-order chi connectivity index (χ1) is 10.2. The van der Waals surface area contributed by atoms with Crippen molar-refractivity contribution in [3.05, 3.63) is 71.6 Å². The van der Waals surface area contributed by atoms with Crippen molar-refractivity contribution in [1.82, 2.24) is 15.3 Å². The van der Waals surface area contributed by atoms with Crippen molar-refractivity contribution in [1.29, 1.82) is 0 Å². The molecule has 0 radical (unpaired) electrons. The van der Waals surface area contributed by atoms with E-state index in [0.29, 0.717) is 11.0 Å². The molecular formula is C16H13F2N3. The van der Waals surface area contributed by atoms with Gasteiger partial charge in [0, 0.05) is 23.5 Å². The summed E-state index contributed by atoms with van der Waals surface area (Å²) < 4.78 is 27.5. The van der Waals surface area contributed by atoms with Crippen LogP contribution in [0.1, 0.15) is 17.2 Å². The van der Waals surface area contributed by atoms with Gasteiger partial charge in [0.15, 0.2) is 11.6 Å². The van der Waals surface area contributed by atoms with Gasteiger partial charge < -0.3 is 5.32 Å². The van der Waals surface area contributed by atoms with Gasteiger partial charge in [0.1, 0.15) is 0 Å². The fourth-order valence-electron chi connectivity index (χ4n) is 2.47. The van der Waals surface area contributed by atoms with E-state index in [1.54, 1.807) is 25.5 Å². The Morgan fingerprint density at radius 3 is 2.48 bits per heavy atom. The lowest BCUT2D eigenvalue weighted by Gasteiger charge is -2.19. The van der Waals surface area contributed by atoms with E-state index in [1.165, 1.54) is 6.07 Å². The highest BCUT2D eigenvalue weighted by Gasteiger charge is 2.20. The number of benzene rings is 2. The first-order valence-corrected chi connectivity index (χ1v) is 6.53. The van der Waals surface area contributed by atoms with Gasteiger partial charge in [0.05, 0.1) is 17.1 Å². The van der Waals surface area contributed by atoms with Crippen LogP contribution >= 0.6 is 0 Å². The largest absolute Gasteiger partial charge is 0.309 e. The fourth-order valence-corrected chi connectivity index (χ4v) is 2.47. The van der Waals surface area contributed by atoms with Gasteiger partial charge in [-0.1, -0.05) is 24.3 Å². The van der Waals surface area contributed by atoms with Crippen LogP contribution in [0, 0.1) is 11.6 Å². The summed E-state index contributed by atoms with van der Waals surface area (Å²) in [6.45, 7) is 0. The second-order valence-electron chi connectivity index (χ2n) is 4.64. The number of fused-ring (bicyclic) bond motifs is 1. The lowest BCUT2D eigenvalue weighted by molar-refractivity contribution is 0.487. The molecule has 1 aromatic heterocycles. The summed E-state index contributed by atoms with van der Waals surface area (Å²) in [5.41, 5.74) is 2.39. The quantitative estimate of drug-likeness (QED) is 0.803. The molecule has 0 aliphatic rings. The van der Waals surface area contributed by atoms with Crippen LogP contribution in [-0.2, 0) is 0 Å². The molecule has 1 atom stereocenters. The SMILES string of the molecule is CNC(c1cccc(F)c1F)c1cccc2nccnc12. The molecule has 5 heteroatoms. The molecule has 21 heavy (non-hydrogen) atoms. The second-order valence-corrected chi connectivity index (χ2v) is 4.64. The van der Waals surface area contributed by atoms with Gasteiger partial charge in [-0.05, 0) is 19.2 Å². The Morgan fingerprint density at radius 2 is 1.67 bits per heavy atom. The third-order valence-corrected chi connectivity index (χ3v) is 3.42. The van der Waals surface area contributed by atoms with Gasteiger partial charge in [-0.25, -0.2) is 8.78 Å². The standard InChI is InChI=1S/C16H13F2N3/c1-19-15(10-4-2-6-12(17)14(10)18)11-5-3-7-13-16(11)21-9-8-20-13/h2-9,15,19H,1H3.